The molecular weight excluding hydrogens is 293 g/mol. The van der Waals surface area contributed by atoms with Gasteiger partial charge in [0.05, 0.1) is 10.6 Å². The second-order valence-corrected chi connectivity index (χ2v) is 4.50. The first kappa shape index (κ1) is 14.8. The zero-order valence-corrected chi connectivity index (χ0v) is 11.5. The number of carbonyl (C=O) groups excluding carboxylic acids is 1. The highest BCUT2D eigenvalue weighted by Crippen LogP contribution is 2.21. The molecule has 0 saturated carbocycles. The van der Waals surface area contributed by atoms with Gasteiger partial charge in [0.15, 0.2) is 0 Å². The molecule has 2 aromatic rings. The Labute approximate surface area is 120 Å². The number of hydrogen-bond acceptors (Lipinski definition) is 2. The lowest BCUT2D eigenvalue weighted by Gasteiger charge is -1.96. The Balaban J connectivity index is 0.000000199. The van der Waals surface area contributed by atoms with Crippen LogP contribution in [-0.2, 0) is 0 Å². The lowest BCUT2D eigenvalue weighted by Crippen LogP contribution is -1.88. The third-order valence-corrected chi connectivity index (χ3v) is 2.69. The molecule has 0 aliphatic heterocycles. The number of nitrogen functional groups attached to an aromatic ring is 1. The maximum Gasteiger partial charge on any atom is 0.253 e. The minimum Gasteiger partial charge on any atom is -0.399 e. The van der Waals surface area contributed by atoms with Gasteiger partial charge in [-0.3, -0.25) is 4.79 Å². The Bertz CT molecular complexity index is 529. The van der Waals surface area contributed by atoms with Gasteiger partial charge in [0, 0.05) is 10.7 Å². The van der Waals surface area contributed by atoms with E-state index in [2.05, 4.69) is 0 Å². The van der Waals surface area contributed by atoms with E-state index in [4.69, 9.17) is 40.5 Å². The van der Waals surface area contributed by atoms with Crippen LogP contribution in [0.4, 0.5) is 5.69 Å². The van der Waals surface area contributed by atoms with E-state index in [1.54, 1.807) is 6.07 Å². The summed E-state index contributed by atoms with van der Waals surface area (Å²) in [6.07, 6.45) is 0. The molecule has 0 spiro atoms. The Morgan fingerprint density at radius 2 is 1.61 bits per heavy atom. The standard InChI is InChI=1S/C7H3Cl3O.C6H7N/c8-4-1-2-5(7(10)11)6(9)3-4;7-6-4-2-1-3-5-6/h1-3H;1-5H,7H2. The van der Waals surface area contributed by atoms with Crippen LogP contribution >= 0.6 is 34.8 Å². The number of benzene rings is 2. The number of para-hydroxylation sites is 1. The van der Waals surface area contributed by atoms with Crippen molar-refractivity contribution in [1.82, 2.24) is 0 Å². The third-order valence-electron chi connectivity index (χ3n) is 1.94. The first-order valence-electron chi connectivity index (χ1n) is 4.96. The monoisotopic (exact) mass is 301 g/mol. The van der Waals surface area contributed by atoms with Crippen LogP contribution in [0, 0.1) is 0 Å². The van der Waals surface area contributed by atoms with Gasteiger partial charge in [-0.25, -0.2) is 0 Å². The molecule has 0 radical (unpaired) electrons. The summed E-state index contributed by atoms with van der Waals surface area (Å²) >= 11 is 16.4. The van der Waals surface area contributed by atoms with E-state index in [1.807, 2.05) is 30.3 Å². The molecule has 2 nitrogen and oxygen atoms in total. The van der Waals surface area contributed by atoms with Crippen LogP contribution in [0.25, 0.3) is 0 Å². The van der Waals surface area contributed by atoms with Crippen LogP contribution in [0.1, 0.15) is 10.4 Å². The van der Waals surface area contributed by atoms with Crippen molar-refractivity contribution in [1.29, 1.82) is 0 Å². The summed E-state index contributed by atoms with van der Waals surface area (Å²) in [5, 5.41) is 0.181. The van der Waals surface area contributed by atoms with Crippen LogP contribution < -0.4 is 5.73 Å². The van der Waals surface area contributed by atoms with Crippen molar-refractivity contribution < 1.29 is 4.79 Å². The number of halogens is 3. The van der Waals surface area contributed by atoms with Crippen LogP contribution in [0.15, 0.2) is 48.5 Å². The van der Waals surface area contributed by atoms with Crippen LogP contribution in [-0.4, -0.2) is 5.24 Å². The van der Waals surface area contributed by atoms with Gasteiger partial charge < -0.3 is 5.73 Å². The van der Waals surface area contributed by atoms with E-state index in [9.17, 15) is 4.79 Å². The predicted molar refractivity (Wildman–Crippen MR) is 77.5 cm³/mol. The average Bonchev–Trinajstić information content (AvgIpc) is 2.30. The summed E-state index contributed by atoms with van der Waals surface area (Å²) in [7, 11) is 0. The summed E-state index contributed by atoms with van der Waals surface area (Å²) < 4.78 is 0. The quantitative estimate of drug-likeness (QED) is 0.616. The van der Waals surface area contributed by atoms with Gasteiger partial charge >= 0.3 is 0 Å². The average molecular weight is 303 g/mol. The molecule has 94 valence electrons. The van der Waals surface area contributed by atoms with Crippen molar-refractivity contribution in [2.24, 2.45) is 0 Å². The van der Waals surface area contributed by atoms with Gasteiger partial charge in [-0.15, -0.1) is 0 Å². The summed E-state index contributed by atoms with van der Waals surface area (Å²) in [6.45, 7) is 0. The fourth-order valence-electron chi connectivity index (χ4n) is 1.10. The van der Waals surface area contributed by atoms with Crippen LogP contribution in [0.2, 0.25) is 10.0 Å². The zero-order chi connectivity index (χ0) is 13.5. The van der Waals surface area contributed by atoms with Gasteiger partial charge in [0.1, 0.15) is 0 Å². The smallest absolute Gasteiger partial charge is 0.253 e. The van der Waals surface area contributed by atoms with Crippen molar-refractivity contribution in [2.45, 2.75) is 0 Å². The van der Waals surface area contributed by atoms with E-state index in [0.29, 0.717) is 5.02 Å². The highest BCUT2D eigenvalue weighted by atomic mass is 35.5. The van der Waals surface area contributed by atoms with Crippen LogP contribution in [0.5, 0.6) is 0 Å². The summed E-state index contributed by atoms with van der Waals surface area (Å²) in [6, 6.07) is 14.0. The minimum atomic E-state index is -0.577. The summed E-state index contributed by atoms with van der Waals surface area (Å²) in [4.78, 5) is 10.6. The molecule has 0 aromatic heterocycles. The maximum absolute atomic E-state index is 10.6. The number of hydrogen-bond donors (Lipinski definition) is 1. The number of rotatable bonds is 1. The molecule has 0 heterocycles. The SMILES string of the molecule is Nc1ccccc1.O=C(Cl)c1ccc(Cl)cc1Cl. The number of anilines is 1. The van der Waals surface area contributed by atoms with Crippen molar-refractivity contribution in [3.8, 4) is 0 Å². The molecule has 2 N–H and O–H groups in total. The minimum absolute atomic E-state index is 0.275. The van der Waals surface area contributed by atoms with Gasteiger partial charge in [-0.1, -0.05) is 41.4 Å². The Morgan fingerprint density at radius 1 is 1.00 bits per heavy atom. The lowest BCUT2D eigenvalue weighted by atomic mass is 10.2. The highest BCUT2D eigenvalue weighted by Gasteiger charge is 2.06. The Kier molecular flexibility index (Phi) is 5.99. The van der Waals surface area contributed by atoms with Crippen molar-refractivity contribution >= 4 is 45.7 Å². The molecule has 0 aliphatic rings. The van der Waals surface area contributed by atoms with Crippen molar-refractivity contribution in [2.75, 3.05) is 5.73 Å². The largest absolute Gasteiger partial charge is 0.399 e. The molecule has 0 saturated heterocycles. The molecule has 2 rings (SSSR count). The van der Waals surface area contributed by atoms with E-state index in [-0.39, 0.29) is 10.6 Å². The normalized spacial score (nSPS) is 9.28. The molecule has 0 aliphatic carbocycles. The summed E-state index contributed by atoms with van der Waals surface area (Å²) in [5.74, 6) is 0. The molecule has 5 heteroatoms. The lowest BCUT2D eigenvalue weighted by molar-refractivity contribution is 0.108. The van der Waals surface area contributed by atoms with Gasteiger partial charge in [0.25, 0.3) is 5.24 Å². The molecule has 0 fully saturated rings. The molecule has 0 amide bonds. The third kappa shape index (κ3) is 4.96. The fourth-order valence-corrected chi connectivity index (χ4v) is 1.81. The van der Waals surface area contributed by atoms with Crippen molar-refractivity contribution in [3.63, 3.8) is 0 Å². The van der Waals surface area contributed by atoms with Crippen molar-refractivity contribution in [3.05, 3.63) is 64.1 Å². The van der Waals surface area contributed by atoms with Gasteiger partial charge in [0.2, 0.25) is 0 Å². The fraction of sp³-hybridized carbons (Fsp3) is 0. The Hall–Kier alpha value is -1.22. The van der Waals surface area contributed by atoms with E-state index in [0.717, 1.165) is 5.69 Å². The highest BCUT2D eigenvalue weighted by molar-refractivity contribution is 6.68. The topological polar surface area (TPSA) is 43.1 Å². The second kappa shape index (κ2) is 7.27. The first-order valence-corrected chi connectivity index (χ1v) is 6.09. The van der Waals surface area contributed by atoms with Crippen LogP contribution in [0.3, 0.4) is 0 Å². The molecular formula is C13H10Cl3NO. The van der Waals surface area contributed by atoms with E-state index in [1.165, 1.54) is 12.1 Å². The summed E-state index contributed by atoms with van der Waals surface area (Å²) in [5.41, 5.74) is 6.46. The van der Waals surface area contributed by atoms with E-state index >= 15 is 0 Å². The first-order chi connectivity index (χ1) is 8.50. The molecule has 18 heavy (non-hydrogen) atoms. The molecule has 0 bridgehead atoms. The van der Waals surface area contributed by atoms with Gasteiger partial charge in [-0.2, -0.15) is 0 Å². The van der Waals surface area contributed by atoms with Gasteiger partial charge in [-0.05, 0) is 41.9 Å². The molecule has 0 atom stereocenters. The number of nitrogens with two attached hydrogens (primary N) is 1. The molecule has 2 aromatic carbocycles. The Morgan fingerprint density at radius 3 is 2.00 bits per heavy atom. The van der Waals surface area contributed by atoms with E-state index < -0.39 is 5.24 Å². The maximum atomic E-state index is 10.6. The number of carbonyl (C=O) groups is 1. The zero-order valence-electron chi connectivity index (χ0n) is 9.24. The second-order valence-electron chi connectivity index (χ2n) is 3.31. The predicted octanol–water partition coefficient (Wildman–Crippen LogP) is 4.64. The molecule has 0 unspecified atom stereocenters.